The average Bonchev–Trinajstić information content (AvgIpc) is 3.11. The molecule has 1 aliphatic heterocycles. The van der Waals surface area contributed by atoms with E-state index in [0.717, 1.165) is 4.31 Å². The fourth-order valence-corrected chi connectivity index (χ4v) is 8.02. The van der Waals surface area contributed by atoms with Gasteiger partial charge in [-0.05, 0) is 60.7 Å². The number of anilines is 4. The highest BCUT2D eigenvalue weighted by atomic mass is 32.2. The monoisotopic (exact) mass is 692 g/mol. The Morgan fingerprint density at radius 1 is 0.896 bits per heavy atom. The second-order valence-electron chi connectivity index (χ2n) is 10.6. The van der Waals surface area contributed by atoms with E-state index in [1.807, 2.05) is 4.90 Å². The lowest BCUT2D eigenvalue weighted by atomic mass is 10.2. The van der Waals surface area contributed by atoms with Gasteiger partial charge in [0.15, 0.2) is 0 Å². The first-order valence-electron chi connectivity index (χ1n) is 14.9. The van der Waals surface area contributed by atoms with Crippen molar-refractivity contribution in [2.75, 3.05) is 66.3 Å². The molecule has 0 bridgehead atoms. The van der Waals surface area contributed by atoms with Crippen LogP contribution < -0.4 is 28.7 Å². The number of carbonyl (C=O) groups excluding carboxylic acids is 1. The molecule has 1 saturated heterocycles. The Labute approximate surface area is 280 Å². The summed E-state index contributed by atoms with van der Waals surface area (Å²) in [5.41, 5.74) is 1.23. The maximum atomic E-state index is 13.9. The summed E-state index contributed by atoms with van der Waals surface area (Å²) in [5, 5.41) is 2.73. The van der Waals surface area contributed by atoms with Gasteiger partial charge in [-0.2, -0.15) is 0 Å². The van der Waals surface area contributed by atoms with Gasteiger partial charge in [0, 0.05) is 24.3 Å². The maximum absolute atomic E-state index is 13.9. The van der Waals surface area contributed by atoms with Crippen molar-refractivity contribution in [2.45, 2.75) is 9.79 Å². The summed E-state index contributed by atoms with van der Waals surface area (Å²) >= 11 is 0. The molecule has 4 aromatic rings. The molecule has 48 heavy (non-hydrogen) atoms. The van der Waals surface area contributed by atoms with Crippen LogP contribution in [0.4, 0.5) is 22.7 Å². The molecule has 0 aromatic heterocycles. The lowest BCUT2D eigenvalue weighted by Gasteiger charge is -2.30. The van der Waals surface area contributed by atoms with Crippen molar-refractivity contribution >= 4 is 48.7 Å². The Bertz CT molecular complexity index is 2010. The van der Waals surface area contributed by atoms with E-state index in [4.69, 9.17) is 14.2 Å². The average molecular weight is 693 g/mol. The van der Waals surface area contributed by atoms with Crippen molar-refractivity contribution in [1.82, 2.24) is 0 Å². The summed E-state index contributed by atoms with van der Waals surface area (Å²) in [6.45, 7) is 5.46. The molecule has 1 amide bonds. The first kappa shape index (κ1) is 34.3. The zero-order valence-corrected chi connectivity index (χ0v) is 28.1. The predicted octanol–water partition coefficient (Wildman–Crippen LogP) is 4.97. The molecule has 2 N–H and O–H groups in total. The molecule has 1 heterocycles. The Morgan fingerprint density at radius 2 is 1.58 bits per heavy atom. The Kier molecular flexibility index (Phi) is 10.6. The van der Waals surface area contributed by atoms with E-state index in [2.05, 4.69) is 16.6 Å². The van der Waals surface area contributed by atoms with Crippen LogP contribution in [0.2, 0.25) is 0 Å². The van der Waals surface area contributed by atoms with Crippen LogP contribution >= 0.6 is 0 Å². The fourth-order valence-electron chi connectivity index (χ4n) is 5.21. The van der Waals surface area contributed by atoms with Gasteiger partial charge in [-0.15, -0.1) is 6.58 Å². The quantitative estimate of drug-likeness (QED) is 0.186. The van der Waals surface area contributed by atoms with Gasteiger partial charge in [0.05, 0.1) is 55.9 Å². The Morgan fingerprint density at radius 3 is 2.29 bits per heavy atom. The maximum Gasteiger partial charge on any atom is 0.264 e. The number of nitrogens with one attached hydrogen (secondary N) is 2. The predicted molar refractivity (Wildman–Crippen MR) is 185 cm³/mol. The number of hydrogen-bond donors (Lipinski definition) is 2. The summed E-state index contributed by atoms with van der Waals surface area (Å²) in [5.74, 6) is 0.0497. The zero-order chi connectivity index (χ0) is 34.3. The number of amides is 1. The SMILES string of the molecule is C=CCN(c1ccccc1OC)S(=O)(=O)c1cccc(C(=O)Nc2ccc(N3CCOCC3)c(S(=O)(=O)Nc3ccccc3OC)c2)c1. The lowest BCUT2D eigenvalue weighted by Crippen LogP contribution is -2.37. The fraction of sp³-hybridized carbons (Fsp3) is 0.206. The minimum Gasteiger partial charge on any atom is -0.495 e. The first-order chi connectivity index (χ1) is 23.1. The molecule has 1 aliphatic rings. The molecule has 12 nitrogen and oxygen atoms in total. The van der Waals surface area contributed by atoms with Crippen molar-refractivity contribution in [3.63, 3.8) is 0 Å². The smallest absolute Gasteiger partial charge is 0.264 e. The number of ether oxygens (including phenoxy) is 3. The van der Waals surface area contributed by atoms with E-state index in [0.29, 0.717) is 49.2 Å². The highest BCUT2D eigenvalue weighted by Gasteiger charge is 2.28. The Hall–Kier alpha value is -5.05. The van der Waals surface area contributed by atoms with Crippen molar-refractivity contribution in [3.8, 4) is 11.5 Å². The van der Waals surface area contributed by atoms with Crippen molar-refractivity contribution in [1.29, 1.82) is 0 Å². The van der Waals surface area contributed by atoms with E-state index >= 15 is 0 Å². The number of para-hydroxylation sites is 4. The second kappa shape index (κ2) is 14.8. The van der Waals surface area contributed by atoms with E-state index in [9.17, 15) is 21.6 Å². The normalized spacial score (nSPS) is 13.3. The lowest BCUT2D eigenvalue weighted by molar-refractivity contribution is 0.102. The van der Waals surface area contributed by atoms with Crippen molar-refractivity contribution < 1.29 is 35.8 Å². The summed E-state index contributed by atoms with van der Waals surface area (Å²) in [6, 6.07) is 23.5. The number of nitrogens with zero attached hydrogens (tertiary/aromatic N) is 2. The van der Waals surface area contributed by atoms with Crippen LogP contribution in [-0.4, -0.2) is 69.8 Å². The van der Waals surface area contributed by atoms with Gasteiger partial charge >= 0.3 is 0 Å². The van der Waals surface area contributed by atoms with E-state index in [1.54, 1.807) is 60.7 Å². The van der Waals surface area contributed by atoms with E-state index in [1.165, 1.54) is 50.6 Å². The third-order valence-corrected chi connectivity index (χ3v) is 10.7. The van der Waals surface area contributed by atoms with Crippen LogP contribution in [-0.2, 0) is 24.8 Å². The number of carbonyl (C=O) groups is 1. The van der Waals surface area contributed by atoms with Crippen LogP contribution in [0.15, 0.2) is 113 Å². The van der Waals surface area contributed by atoms with Crippen LogP contribution in [0.5, 0.6) is 11.5 Å². The highest BCUT2D eigenvalue weighted by molar-refractivity contribution is 7.93. The minimum atomic E-state index is -4.19. The molecule has 5 rings (SSSR count). The van der Waals surface area contributed by atoms with E-state index < -0.39 is 26.0 Å². The number of rotatable bonds is 13. The number of benzene rings is 4. The second-order valence-corrected chi connectivity index (χ2v) is 14.1. The molecule has 1 fully saturated rings. The molecule has 0 atom stereocenters. The van der Waals surface area contributed by atoms with Crippen LogP contribution in [0, 0.1) is 0 Å². The van der Waals surface area contributed by atoms with Gasteiger partial charge in [0.25, 0.3) is 26.0 Å². The number of methoxy groups -OCH3 is 2. The van der Waals surface area contributed by atoms with Gasteiger partial charge in [-0.25, -0.2) is 16.8 Å². The van der Waals surface area contributed by atoms with Crippen molar-refractivity contribution in [2.24, 2.45) is 0 Å². The summed E-state index contributed by atoms with van der Waals surface area (Å²) < 4.78 is 75.3. The summed E-state index contributed by atoms with van der Waals surface area (Å²) in [4.78, 5) is 15.2. The number of hydrogen-bond acceptors (Lipinski definition) is 9. The van der Waals surface area contributed by atoms with Gasteiger partial charge < -0.3 is 24.4 Å². The van der Waals surface area contributed by atoms with Gasteiger partial charge in [-0.3, -0.25) is 13.8 Å². The van der Waals surface area contributed by atoms with Crippen molar-refractivity contribution in [3.05, 3.63) is 109 Å². The van der Waals surface area contributed by atoms with Crippen LogP contribution in [0.3, 0.4) is 0 Å². The summed E-state index contributed by atoms with van der Waals surface area (Å²) in [6.07, 6.45) is 1.45. The molecule has 252 valence electrons. The molecule has 14 heteroatoms. The Balaban J connectivity index is 1.47. The zero-order valence-electron chi connectivity index (χ0n) is 26.5. The molecule has 0 saturated carbocycles. The van der Waals surface area contributed by atoms with Gasteiger partial charge in [0.2, 0.25) is 0 Å². The van der Waals surface area contributed by atoms with E-state index in [-0.39, 0.29) is 33.3 Å². The topological polar surface area (TPSA) is 144 Å². The minimum absolute atomic E-state index is 0.0449. The molecular formula is C34H36N4O8S2. The third-order valence-electron chi connectivity index (χ3n) is 7.54. The van der Waals surface area contributed by atoms with Gasteiger partial charge in [0.1, 0.15) is 16.4 Å². The molecular weight excluding hydrogens is 657 g/mol. The molecule has 4 aromatic carbocycles. The standard InChI is InChI=1S/C34H36N4O8S2/c1-4-18-38(29-13-6-8-15-32(29)45-3)48(42,43)27-11-9-10-25(23-27)34(39)35-26-16-17-30(37-19-21-46-22-20-37)33(24-26)47(40,41)36-28-12-5-7-14-31(28)44-2/h4-17,23-24,36H,1,18-22H2,2-3H3,(H,35,39). The van der Waals surface area contributed by atoms with Gasteiger partial charge in [-0.1, -0.05) is 36.4 Å². The highest BCUT2D eigenvalue weighted by Crippen LogP contribution is 2.34. The number of sulfonamides is 2. The van der Waals surface area contributed by atoms with Crippen LogP contribution in [0.25, 0.3) is 0 Å². The molecule has 0 aliphatic carbocycles. The third kappa shape index (κ3) is 7.40. The first-order valence-corrected chi connectivity index (χ1v) is 17.8. The number of morpholine rings is 1. The molecule has 0 radical (unpaired) electrons. The molecule has 0 spiro atoms. The largest absolute Gasteiger partial charge is 0.495 e. The molecule has 0 unspecified atom stereocenters. The summed E-state index contributed by atoms with van der Waals surface area (Å²) in [7, 11) is -5.47. The van der Waals surface area contributed by atoms with Crippen LogP contribution in [0.1, 0.15) is 10.4 Å².